The van der Waals surface area contributed by atoms with Crippen LogP contribution < -0.4 is 0 Å². The smallest absolute Gasteiger partial charge is 0.346 e. The van der Waals surface area contributed by atoms with Gasteiger partial charge in [0.1, 0.15) is 11.6 Å². The lowest BCUT2D eigenvalue weighted by Crippen LogP contribution is -2.02. The topological polar surface area (TPSA) is 61.1 Å². The lowest BCUT2D eigenvalue weighted by molar-refractivity contribution is -0.132. The zero-order valence-electron chi connectivity index (χ0n) is 8.70. The summed E-state index contributed by atoms with van der Waals surface area (Å²) in [6, 6.07) is 8.97. The molecule has 3 nitrogen and oxygen atoms in total. The number of aliphatic carboxylic acids is 1. The van der Waals surface area contributed by atoms with Crippen molar-refractivity contribution in [1.29, 1.82) is 5.26 Å². The number of rotatable bonds is 3. The van der Waals surface area contributed by atoms with E-state index in [1.54, 1.807) is 18.2 Å². The lowest BCUT2D eigenvalue weighted by Gasteiger charge is -2.06. The predicted molar refractivity (Wildman–Crippen MR) is 64.6 cm³/mol. The normalized spacial score (nSPS) is 11.6. The fourth-order valence-electron chi connectivity index (χ4n) is 1.42. The minimum absolute atomic E-state index is 0.190. The van der Waals surface area contributed by atoms with Gasteiger partial charge in [0.2, 0.25) is 0 Å². The molecule has 0 heterocycles. The Morgan fingerprint density at radius 1 is 1.44 bits per heavy atom. The standard InChI is InChI=1S/C12H10BrNO2/c1-2-10(11(7-14)12(15)16)8-3-5-9(13)6-4-8/h3-6H,2H2,1H3,(H,15,16). The van der Waals surface area contributed by atoms with Gasteiger partial charge < -0.3 is 5.11 Å². The van der Waals surface area contributed by atoms with Gasteiger partial charge in [-0.05, 0) is 29.7 Å². The van der Waals surface area contributed by atoms with E-state index in [-0.39, 0.29) is 5.57 Å². The van der Waals surface area contributed by atoms with Crippen LogP contribution >= 0.6 is 15.9 Å². The van der Waals surface area contributed by atoms with E-state index in [9.17, 15) is 4.79 Å². The number of benzene rings is 1. The summed E-state index contributed by atoms with van der Waals surface area (Å²) in [6.07, 6.45) is 0.511. The lowest BCUT2D eigenvalue weighted by atomic mass is 9.98. The highest BCUT2D eigenvalue weighted by molar-refractivity contribution is 9.10. The maximum atomic E-state index is 10.9. The Morgan fingerprint density at radius 2 is 2.00 bits per heavy atom. The quantitative estimate of drug-likeness (QED) is 0.683. The number of allylic oxidation sites excluding steroid dienone is 1. The second kappa shape index (κ2) is 5.47. The molecule has 82 valence electrons. The van der Waals surface area contributed by atoms with E-state index in [4.69, 9.17) is 10.4 Å². The van der Waals surface area contributed by atoms with Gasteiger partial charge >= 0.3 is 5.97 Å². The zero-order chi connectivity index (χ0) is 12.1. The van der Waals surface area contributed by atoms with Crippen molar-refractivity contribution in [2.75, 3.05) is 0 Å². The minimum atomic E-state index is -1.18. The number of nitrogens with zero attached hydrogens (tertiary/aromatic N) is 1. The van der Waals surface area contributed by atoms with Crippen molar-refractivity contribution in [2.45, 2.75) is 13.3 Å². The first kappa shape index (κ1) is 12.5. The number of hydrogen-bond acceptors (Lipinski definition) is 2. The van der Waals surface area contributed by atoms with Crippen molar-refractivity contribution in [3.8, 4) is 6.07 Å². The molecule has 1 N–H and O–H groups in total. The van der Waals surface area contributed by atoms with E-state index in [1.807, 2.05) is 19.1 Å². The number of nitriles is 1. The van der Waals surface area contributed by atoms with Gasteiger partial charge in [0.25, 0.3) is 0 Å². The third-order valence-electron chi connectivity index (χ3n) is 2.17. The molecule has 4 heteroatoms. The Hall–Kier alpha value is -1.60. The van der Waals surface area contributed by atoms with Crippen molar-refractivity contribution in [2.24, 2.45) is 0 Å². The highest BCUT2D eigenvalue weighted by Crippen LogP contribution is 2.23. The zero-order valence-corrected chi connectivity index (χ0v) is 10.3. The first-order valence-corrected chi connectivity index (χ1v) is 5.52. The molecule has 0 aliphatic rings. The number of halogens is 1. The van der Waals surface area contributed by atoms with Gasteiger partial charge in [-0.2, -0.15) is 5.26 Å². The van der Waals surface area contributed by atoms with Crippen LogP contribution in [0.5, 0.6) is 0 Å². The molecule has 0 radical (unpaired) electrons. The first-order chi connectivity index (χ1) is 7.60. The summed E-state index contributed by atoms with van der Waals surface area (Å²) in [5.41, 5.74) is 1.14. The Morgan fingerprint density at radius 3 is 2.38 bits per heavy atom. The molecule has 0 fully saturated rings. The highest BCUT2D eigenvalue weighted by atomic mass is 79.9. The van der Waals surface area contributed by atoms with Crippen LogP contribution in [0.3, 0.4) is 0 Å². The van der Waals surface area contributed by atoms with Crippen LogP contribution in [0.4, 0.5) is 0 Å². The molecule has 1 aromatic rings. The van der Waals surface area contributed by atoms with Crippen LogP contribution in [0, 0.1) is 11.3 Å². The van der Waals surface area contributed by atoms with Crippen molar-refractivity contribution >= 4 is 27.5 Å². The SMILES string of the molecule is CCC(=C(C#N)C(=O)O)c1ccc(Br)cc1. The molecular weight excluding hydrogens is 270 g/mol. The van der Waals surface area contributed by atoms with E-state index in [0.717, 1.165) is 10.0 Å². The van der Waals surface area contributed by atoms with Crippen molar-refractivity contribution < 1.29 is 9.90 Å². The summed E-state index contributed by atoms with van der Waals surface area (Å²) in [5, 5.41) is 17.7. The Balaban J connectivity index is 3.32. The van der Waals surface area contributed by atoms with Crippen LogP contribution in [0.1, 0.15) is 18.9 Å². The summed E-state index contributed by atoms with van der Waals surface area (Å²) in [6.45, 7) is 1.83. The fourth-order valence-corrected chi connectivity index (χ4v) is 1.69. The molecule has 0 aliphatic heterocycles. The second-order valence-electron chi connectivity index (χ2n) is 3.13. The van der Waals surface area contributed by atoms with Gasteiger partial charge in [-0.3, -0.25) is 0 Å². The van der Waals surface area contributed by atoms with E-state index in [1.165, 1.54) is 0 Å². The van der Waals surface area contributed by atoms with Gasteiger partial charge in [-0.15, -0.1) is 0 Å². The van der Waals surface area contributed by atoms with Crippen LogP contribution in [0.15, 0.2) is 34.3 Å². The fraction of sp³-hybridized carbons (Fsp3) is 0.167. The molecule has 16 heavy (non-hydrogen) atoms. The summed E-state index contributed by atoms with van der Waals surface area (Å²) >= 11 is 3.30. The number of carboxylic acid groups (broad SMARTS) is 1. The van der Waals surface area contributed by atoms with Crippen molar-refractivity contribution in [3.63, 3.8) is 0 Å². The molecular formula is C12H10BrNO2. The average molecular weight is 280 g/mol. The highest BCUT2D eigenvalue weighted by Gasteiger charge is 2.13. The maximum Gasteiger partial charge on any atom is 0.346 e. The summed E-state index contributed by atoms with van der Waals surface area (Å²) < 4.78 is 0.917. The average Bonchev–Trinajstić information content (AvgIpc) is 2.26. The second-order valence-corrected chi connectivity index (χ2v) is 4.05. The van der Waals surface area contributed by atoms with E-state index >= 15 is 0 Å². The van der Waals surface area contributed by atoms with Gasteiger partial charge in [0, 0.05) is 4.47 Å². The number of carboxylic acids is 1. The van der Waals surface area contributed by atoms with Crippen LogP contribution in [0.25, 0.3) is 5.57 Å². The monoisotopic (exact) mass is 279 g/mol. The minimum Gasteiger partial charge on any atom is -0.477 e. The first-order valence-electron chi connectivity index (χ1n) is 4.72. The molecule has 0 spiro atoms. The van der Waals surface area contributed by atoms with E-state index < -0.39 is 5.97 Å². The summed E-state index contributed by atoms with van der Waals surface area (Å²) in [4.78, 5) is 10.9. The Kier molecular flexibility index (Phi) is 4.27. The Bertz CT molecular complexity index is 469. The molecule has 0 aromatic heterocycles. The summed E-state index contributed by atoms with van der Waals surface area (Å²) in [5.74, 6) is -1.18. The summed E-state index contributed by atoms with van der Waals surface area (Å²) in [7, 11) is 0. The molecule has 0 amide bonds. The Labute approximate surface area is 102 Å². The van der Waals surface area contributed by atoms with Gasteiger partial charge in [0.05, 0.1) is 0 Å². The molecule has 0 bridgehead atoms. The third-order valence-corrected chi connectivity index (χ3v) is 2.70. The predicted octanol–water partition coefficient (Wildman–Crippen LogP) is 3.22. The molecule has 0 saturated carbocycles. The maximum absolute atomic E-state index is 10.9. The number of carbonyl (C=O) groups is 1. The van der Waals surface area contributed by atoms with Gasteiger partial charge in [-0.25, -0.2) is 4.79 Å². The largest absolute Gasteiger partial charge is 0.477 e. The molecule has 0 unspecified atom stereocenters. The molecule has 1 rings (SSSR count). The molecule has 0 saturated heterocycles. The van der Waals surface area contributed by atoms with Crippen LogP contribution in [-0.2, 0) is 4.79 Å². The van der Waals surface area contributed by atoms with Crippen molar-refractivity contribution in [3.05, 3.63) is 39.9 Å². The van der Waals surface area contributed by atoms with Gasteiger partial charge in [-0.1, -0.05) is 35.0 Å². The molecule has 0 atom stereocenters. The van der Waals surface area contributed by atoms with Crippen LogP contribution in [0.2, 0.25) is 0 Å². The molecule has 0 aliphatic carbocycles. The number of hydrogen-bond donors (Lipinski definition) is 1. The molecule has 1 aromatic carbocycles. The van der Waals surface area contributed by atoms with Crippen LogP contribution in [-0.4, -0.2) is 11.1 Å². The van der Waals surface area contributed by atoms with Gasteiger partial charge in [0.15, 0.2) is 0 Å². The van der Waals surface area contributed by atoms with E-state index in [2.05, 4.69) is 15.9 Å². The van der Waals surface area contributed by atoms with Crippen molar-refractivity contribution in [1.82, 2.24) is 0 Å². The van der Waals surface area contributed by atoms with E-state index in [0.29, 0.717) is 12.0 Å². The third kappa shape index (κ3) is 2.71.